The van der Waals surface area contributed by atoms with Crippen molar-refractivity contribution in [2.24, 2.45) is 0 Å². The first-order chi connectivity index (χ1) is 8.81. The molecular weight excluding hydrogens is 282 g/mol. The van der Waals surface area contributed by atoms with E-state index in [1.807, 2.05) is 0 Å². The maximum atomic E-state index is 13.5. The van der Waals surface area contributed by atoms with E-state index in [-0.39, 0.29) is 17.0 Å². The van der Waals surface area contributed by atoms with Crippen molar-refractivity contribution in [3.63, 3.8) is 0 Å². The molecule has 1 rings (SSSR count). The van der Waals surface area contributed by atoms with Crippen LogP contribution in [0.1, 0.15) is 30.9 Å². The van der Waals surface area contributed by atoms with Gasteiger partial charge >= 0.3 is 6.18 Å². The third-order valence-electron chi connectivity index (χ3n) is 2.43. The smallest absolute Gasteiger partial charge is 0.206 e. The molecule has 0 spiro atoms. The first-order valence-electron chi connectivity index (χ1n) is 5.47. The molecule has 1 aromatic carbocycles. The Bertz CT molecular complexity index is 541. The molecule has 0 N–H and O–H groups in total. The highest BCUT2D eigenvalue weighted by Crippen LogP contribution is 2.34. The molecule has 0 aliphatic carbocycles. The van der Waals surface area contributed by atoms with Crippen LogP contribution >= 0.6 is 11.6 Å². The van der Waals surface area contributed by atoms with Gasteiger partial charge in [0.15, 0.2) is 0 Å². The minimum absolute atomic E-state index is 0.0717. The lowest BCUT2D eigenvalue weighted by atomic mass is 10.0. The highest BCUT2D eigenvalue weighted by molar-refractivity contribution is 6.49. The van der Waals surface area contributed by atoms with Crippen molar-refractivity contribution in [3.05, 3.63) is 40.7 Å². The van der Waals surface area contributed by atoms with Gasteiger partial charge in [-0.05, 0) is 24.6 Å². The van der Waals surface area contributed by atoms with E-state index in [2.05, 4.69) is 0 Å². The molecule has 0 saturated heterocycles. The molecule has 0 radical (unpaired) electrons. The van der Waals surface area contributed by atoms with Crippen LogP contribution in [0.5, 0.6) is 0 Å². The monoisotopic (exact) mass is 291 g/mol. The second-order valence-electron chi connectivity index (χ2n) is 3.85. The summed E-state index contributed by atoms with van der Waals surface area (Å²) in [7, 11) is 0. The molecule has 102 valence electrons. The lowest BCUT2D eigenvalue weighted by molar-refractivity contribution is -0.137. The lowest BCUT2D eigenvalue weighted by Gasteiger charge is -2.10. The number of halogens is 5. The fourth-order valence-corrected chi connectivity index (χ4v) is 1.78. The Morgan fingerprint density at radius 3 is 2.47 bits per heavy atom. The average Bonchev–Trinajstić information content (AvgIpc) is 2.34. The maximum absolute atomic E-state index is 13.5. The Morgan fingerprint density at radius 2 is 2.00 bits per heavy atom. The van der Waals surface area contributed by atoms with E-state index < -0.39 is 23.1 Å². The Morgan fingerprint density at radius 1 is 1.37 bits per heavy atom. The number of hydrogen-bond acceptors (Lipinski definition) is 1. The van der Waals surface area contributed by atoms with Crippen LogP contribution in [0.2, 0.25) is 0 Å². The number of allylic oxidation sites excluding steroid dienone is 1. The van der Waals surface area contributed by atoms with E-state index >= 15 is 0 Å². The number of nitriles is 1. The van der Waals surface area contributed by atoms with Gasteiger partial charge in [0, 0.05) is 11.1 Å². The maximum Gasteiger partial charge on any atom is 0.416 e. The molecule has 0 unspecified atom stereocenters. The minimum Gasteiger partial charge on any atom is -0.206 e. The van der Waals surface area contributed by atoms with E-state index in [1.165, 1.54) is 0 Å². The molecule has 0 amide bonds. The second kappa shape index (κ2) is 6.07. The van der Waals surface area contributed by atoms with Crippen molar-refractivity contribution in [2.45, 2.75) is 25.9 Å². The number of hydrogen-bond donors (Lipinski definition) is 0. The van der Waals surface area contributed by atoms with E-state index in [0.717, 1.165) is 0 Å². The molecule has 19 heavy (non-hydrogen) atoms. The normalized spacial score (nSPS) is 12.9. The van der Waals surface area contributed by atoms with Crippen LogP contribution in [0.25, 0.3) is 5.03 Å². The van der Waals surface area contributed by atoms with Gasteiger partial charge in [-0.2, -0.15) is 18.4 Å². The van der Waals surface area contributed by atoms with E-state index in [0.29, 0.717) is 24.6 Å². The highest BCUT2D eigenvalue weighted by atomic mass is 35.5. The topological polar surface area (TPSA) is 23.8 Å². The van der Waals surface area contributed by atoms with E-state index in [1.54, 1.807) is 13.0 Å². The van der Waals surface area contributed by atoms with Crippen LogP contribution < -0.4 is 0 Å². The molecule has 0 aromatic heterocycles. The third kappa shape index (κ3) is 3.71. The molecule has 0 aliphatic heterocycles. The molecule has 0 atom stereocenters. The molecule has 1 aromatic rings. The van der Waals surface area contributed by atoms with Crippen LogP contribution in [-0.2, 0) is 6.18 Å². The fraction of sp³-hybridized carbons (Fsp3) is 0.308. The van der Waals surface area contributed by atoms with Crippen molar-refractivity contribution < 1.29 is 17.6 Å². The first-order valence-corrected chi connectivity index (χ1v) is 5.85. The van der Waals surface area contributed by atoms with Gasteiger partial charge in [-0.25, -0.2) is 4.39 Å². The van der Waals surface area contributed by atoms with Crippen LogP contribution in [0.15, 0.2) is 23.8 Å². The summed E-state index contributed by atoms with van der Waals surface area (Å²) in [6, 6.07) is 3.73. The third-order valence-corrected chi connectivity index (χ3v) is 2.86. The van der Waals surface area contributed by atoms with Gasteiger partial charge in [-0.3, -0.25) is 0 Å². The summed E-state index contributed by atoms with van der Waals surface area (Å²) in [5.74, 6) is -0.887. The van der Waals surface area contributed by atoms with Gasteiger partial charge in [0.25, 0.3) is 0 Å². The van der Waals surface area contributed by atoms with Crippen molar-refractivity contribution in [2.75, 3.05) is 0 Å². The van der Waals surface area contributed by atoms with Crippen LogP contribution in [-0.4, -0.2) is 0 Å². The summed E-state index contributed by atoms with van der Waals surface area (Å²) in [4.78, 5) is 0. The van der Waals surface area contributed by atoms with Crippen LogP contribution in [0.4, 0.5) is 17.6 Å². The van der Waals surface area contributed by atoms with Crippen LogP contribution in [0.3, 0.4) is 0 Å². The van der Waals surface area contributed by atoms with Crippen molar-refractivity contribution >= 4 is 16.6 Å². The summed E-state index contributed by atoms with van der Waals surface area (Å²) >= 11 is 5.83. The number of rotatable bonds is 3. The molecule has 6 heteroatoms. The molecular formula is C13H10ClF4N. The van der Waals surface area contributed by atoms with Gasteiger partial charge in [0.2, 0.25) is 0 Å². The van der Waals surface area contributed by atoms with Crippen LogP contribution in [0, 0.1) is 17.1 Å². The molecule has 0 aliphatic rings. The summed E-state index contributed by atoms with van der Waals surface area (Å²) in [6.07, 6.45) is -3.72. The zero-order valence-electron chi connectivity index (χ0n) is 9.98. The first kappa shape index (κ1) is 15.5. The van der Waals surface area contributed by atoms with Crippen molar-refractivity contribution in [1.82, 2.24) is 0 Å². The van der Waals surface area contributed by atoms with Gasteiger partial charge in [-0.15, -0.1) is 0 Å². The average molecular weight is 292 g/mol. The Hall–Kier alpha value is -1.54. The van der Waals surface area contributed by atoms with E-state index in [4.69, 9.17) is 16.9 Å². The molecule has 0 heterocycles. The molecule has 0 fully saturated rings. The fourth-order valence-electron chi connectivity index (χ4n) is 1.50. The van der Waals surface area contributed by atoms with Crippen molar-refractivity contribution in [1.29, 1.82) is 5.26 Å². The van der Waals surface area contributed by atoms with Gasteiger partial charge in [0.1, 0.15) is 5.82 Å². The number of benzene rings is 1. The Labute approximate surface area is 113 Å². The number of alkyl halides is 3. The molecule has 0 bridgehead atoms. The Balaban J connectivity index is 3.38. The summed E-state index contributed by atoms with van der Waals surface area (Å²) in [5, 5.41) is 8.60. The predicted molar refractivity (Wildman–Crippen MR) is 64.7 cm³/mol. The summed E-state index contributed by atoms with van der Waals surface area (Å²) in [6.45, 7) is 1.78. The minimum atomic E-state index is -4.59. The van der Waals surface area contributed by atoms with Gasteiger partial charge in [-0.1, -0.05) is 24.9 Å². The number of nitrogens with zero attached hydrogens (tertiary/aromatic N) is 1. The highest BCUT2D eigenvalue weighted by Gasteiger charge is 2.31. The standard InChI is InChI=1S/C13H10ClF4N/c1-2-3-8(7-19)12(14)10-6-9(13(16,17)18)4-5-11(10)15/h4-6H,2-3H2,1H3. The molecule has 1 nitrogen and oxygen atoms in total. The zero-order chi connectivity index (χ0) is 14.6. The van der Waals surface area contributed by atoms with Crippen molar-refractivity contribution in [3.8, 4) is 6.07 Å². The predicted octanol–water partition coefficient (Wildman–Crippen LogP) is 5.12. The quantitative estimate of drug-likeness (QED) is 0.560. The largest absolute Gasteiger partial charge is 0.416 e. The van der Waals surface area contributed by atoms with Gasteiger partial charge < -0.3 is 0 Å². The Kier molecular flexibility index (Phi) is 4.96. The lowest BCUT2D eigenvalue weighted by Crippen LogP contribution is -2.06. The summed E-state index contributed by atoms with van der Waals surface area (Å²) < 4.78 is 51.2. The second-order valence-corrected chi connectivity index (χ2v) is 4.22. The SMILES string of the molecule is CCCC(C#N)=C(Cl)c1cc(C(F)(F)F)ccc1F. The molecule has 0 saturated carbocycles. The van der Waals surface area contributed by atoms with Gasteiger partial charge in [0.05, 0.1) is 16.7 Å². The zero-order valence-corrected chi connectivity index (χ0v) is 10.7. The van der Waals surface area contributed by atoms with E-state index in [9.17, 15) is 17.6 Å². The summed E-state index contributed by atoms with van der Waals surface area (Å²) in [5.41, 5.74) is -1.33.